The summed E-state index contributed by atoms with van der Waals surface area (Å²) in [4.78, 5) is 230. The predicted molar refractivity (Wildman–Crippen MR) is 412 cm³/mol. The molecule has 0 aliphatic heterocycles. The number of carbonyl (C=O) groups excluding carboxylic acids is 15. The quantitative estimate of drug-likeness (QED) is 0.0278. The second-order valence-corrected chi connectivity index (χ2v) is 29.5. The molecule has 2 aromatic carbocycles. The van der Waals surface area contributed by atoms with Crippen molar-refractivity contribution in [1.29, 1.82) is 0 Å². The lowest BCUT2D eigenvalue weighted by Crippen LogP contribution is -2.62. The van der Waals surface area contributed by atoms with E-state index >= 15 is 0 Å². The highest BCUT2D eigenvalue weighted by Crippen LogP contribution is 2.18. The number of aliphatic carboxylic acids is 2. The van der Waals surface area contributed by atoms with Crippen molar-refractivity contribution < 1.29 is 107 Å². The third kappa shape index (κ3) is 35.2. The molecule has 0 heterocycles. The standard InChI is InChI=1S/C73H115N17O22S/c1-12-38(8)59(72(110)85-51(33-55(96)97)67(105)87-56(35(2)3)69(107)79-40(10)73(111)112)90-64(102)48(28-30-113-11)81-62(100)46(15-13-14-29-74)80-63(101)47(25-27-54(77)95)82-70(108)57(36(4)5)89-71(109)58(37(6)7)88-66(104)50(32-42-18-22-44(93)23-19-42)84-68(106)52(34-91)86-60(98)39(9)78-65(103)49(31-41-16-20-43(92)21-17-41)83-61(99)45(75)24-26-53(76)94/h16-23,35-40,45-52,56-59,91-93H,12-15,24-34,74-75H2,1-11H3,(H2,76,94)(H2,77,95)(H,78,103)(H,79,107)(H,80,101)(H,81,100)(H,82,108)(H,83,99)(H,84,106)(H,85,110)(H,86,98)(H,87,105)(H,88,104)(H,89,109)(H,90,102)(H,96,97)(H,111,112)/t38-,39-,40-,45-,46-,47-,48-,49-,50-,51-,52-,56-,57-,58-,59-/m0/s1. The number of unbranched alkanes of at least 4 members (excludes halogenated alkanes) is 1. The Morgan fingerprint density at radius 3 is 1.19 bits per heavy atom. The van der Waals surface area contributed by atoms with Crippen molar-refractivity contribution in [2.45, 2.75) is 231 Å². The number of phenolic OH excluding ortho intramolecular Hbond substituents is 2. The molecule has 0 aromatic heterocycles. The van der Waals surface area contributed by atoms with Crippen molar-refractivity contribution in [3.8, 4) is 11.5 Å². The summed E-state index contributed by atoms with van der Waals surface area (Å²) in [7, 11) is 0. The van der Waals surface area contributed by atoms with Crippen molar-refractivity contribution in [1.82, 2.24) is 69.1 Å². The third-order valence-corrected chi connectivity index (χ3v) is 18.7. The number of nitrogens with two attached hydrogens (primary N) is 4. The number of carboxylic acid groups (broad SMARTS) is 2. The van der Waals surface area contributed by atoms with Crippen LogP contribution in [0.4, 0.5) is 0 Å². The minimum Gasteiger partial charge on any atom is -0.508 e. The van der Waals surface area contributed by atoms with Gasteiger partial charge in [-0.2, -0.15) is 11.8 Å². The van der Waals surface area contributed by atoms with Crippen LogP contribution in [0.3, 0.4) is 0 Å². The van der Waals surface area contributed by atoms with Crippen molar-refractivity contribution in [3.05, 3.63) is 59.7 Å². The second-order valence-electron chi connectivity index (χ2n) is 28.5. The molecule has 40 heteroatoms. The minimum atomic E-state index is -1.84. The van der Waals surface area contributed by atoms with Gasteiger partial charge in [-0.1, -0.05) is 86.1 Å². The van der Waals surface area contributed by atoms with Crippen molar-refractivity contribution in [2.24, 2.45) is 46.6 Å². The lowest BCUT2D eigenvalue weighted by atomic mass is 9.96. The number of carbonyl (C=O) groups is 17. The van der Waals surface area contributed by atoms with Crippen LogP contribution in [0.1, 0.15) is 145 Å². The zero-order valence-corrected chi connectivity index (χ0v) is 66.3. The maximum atomic E-state index is 14.6. The van der Waals surface area contributed by atoms with Gasteiger partial charge in [0.15, 0.2) is 0 Å². The summed E-state index contributed by atoms with van der Waals surface area (Å²) in [6, 6.07) is -10.3. The molecule has 0 saturated carbocycles. The van der Waals surface area contributed by atoms with Crippen LogP contribution in [0.25, 0.3) is 0 Å². The summed E-state index contributed by atoms with van der Waals surface area (Å²) >= 11 is 1.28. The Bertz CT molecular complexity index is 3590. The SMILES string of the molecule is CC[C@H](C)[C@H](NC(=O)[C@H](CCSC)NC(=O)[C@H](CCCCN)NC(=O)[C@H](CCC(N)=O)NC(=O)[C@@H](NC(=O)[C@@H](NC(=O)[C@H](Cc1ccc(O)cc1)NC(=O)[C@H](CO)NC(=O)[C@H](C)NC(=O)[C@H](Cc1ccc(O)cc1)NC(=O)[C@@H](N)CCC(N)=O)C(C)C)C(C)C)C(=O)N[C@@H](CC(=O)O)C(=O)N[C@H](C(=O)N[C@@H](C)C(=O)O)C(C)C. The highest BCUT2D eigenvalue weighted by atomic mass is 32.2. The molecule has 2 aromatic rings. The van der Waals surface area contributed by atoms with Crippen LogP contribution in [0.15, 0.2) is 48.5 Å². The van der Waals surface area contributed by atoms with E-state index in [4.69, 9.17) is 22.9 Å². The number of aromatic hydroxyl groups is 2. The summed E-state index contributed by atoms with van der Waals surface area (Å²) in [6.07, 6.45) is -0.633. The number of carboxylic acids is 2. The first-order chi connectivity index (χ1) is 53.0. The van der Waals surface area contributed by atoms with Crippen LogP contribution in [0.2, 0.25) is 0 Å². The molecule has 113 heavy (non-hydrogen) atoms. The molecule has 15 atom stereocenters. The van der Waals surface area contributed by atoms with Gasteiger partial charge >= 0.3 is 11.9 Å². The van der Waals surface area contributed by atoms with Gasteiger partial charge in [-0.25, -0.2) is 0 Å². The van der Waals surface area contributed by atoms with E-state index in [9.17, 15) is 107 Å². The minimum absolute atomic E-state index is 0.0734. The molecular weight excluding hydrogens is 1500 g/mol. The summed E-state index contributed by atoms with van der Waals surface area (Å²) < 4.78 is 0. The maximum Gasteiger partial charge on any atom is 0.325 e. The molecule has 0 aliphatic carbocycles. The average molecular weight is 1610 g/mol. The van der Waals surface area contributed by atoms with E-state index in [0.717, 1.165) is 0 Å². The Labute approximate surface area is 659 Å². The van der Waals surface area contributed by atoms with Crippen LogP contribution in [-0.2, 0) is 94.3 Å². The predicted octanol–water partition coefficient (Wildman–Crippen LogP) is -4.47. The number of phenols is 2. The van der Waals surface area contributed by atoms with E-state index in [1.165, 1.54) is 116 Å². The molecule has 0 bridgehead atoms. The number of benzene rings is 2. The van der Waals surface area contributed by atoms with Gasteiger partial charge in [-0.3, -0.25) is 81.5 Å². The van der Waals surface area contributed by atoms with Crippen LogP contribution in [0.5, 0.6) is 11.5 Å². The fourth-order valence-corrected chi connectivity index (χ4v) is 11.4. The number of hydrogen-bond acceptors (Lipinski definition) is 23. The van der Waals surface area contributed by atoms with Crippen LogP contribution < -0.4 is 92.1 Å². The maximum absolute atomic E-state index is 14.6. The van der Waals surface area contributed by atoms with Gasteiger partial charge in [0.25, 0.3) is 0 Å². The molecule has 630 valence electrons. The van der Waals surface area contributed by atoms with Crippen LogP contribution >= 0.6 is 11.8 Å². The summed E-state index contributed by atoms with van der Waals surface area (Å²) in [5, 5.41) is 81.8. The van der Waals surface area contributed by atoms with Gasteiger partial charge in [0.1, 0.15) is 90.0 Å². The normalized spacial score (nSPS) is 15.2. The number of aliphatic hydroxyl groups is 1. The molecule has 2 rings (SSSR count). The molecule has 0 aliphatic rings. The average Bonchev–Trinajstić information content (AvgIpc) is 0.850. The fraction of sp³-hybridized carbons (Fsp3) is 0.603. The Morgan fingerprint density at radius 2 is 0.743 bits per heavy atom. The molecule has 15 amide bonds. The largest absolute Gasteiger partial charge is 0.508 e. The molecule has 0 fully saturated rings. The van der Waals surface area contributed by atoms with E-state index in [2.05, 4.69) is 69.1 Å². The summed E-state index contributed by atoms with van der Waals surface area (Å²) in [5.74, 6) is -20.4. The molecule has 26 N–H and O–H groups in total. The second kappa shape index (κ2) is 49.6. The molecule has 0 spiro atoms. The fourth-order valence-electron chi connectivity index (χ4n) is 11.0. The zero-order chi connectivity index (χ0) is 85.7. The topological polar surface area (TPSA) is 652 Å². The first-order valence-electron chi connectivity index (χ1n) is 37.1. The van der Waals surface area contributed by atoms with E-state index in [1.54, 1.807) is 20.1 Å². The van der Waals surface area contributed by atoms with Gasteiger partial charge < -0.3 is 118 Å². The van der Waals surface area contributed by atoms with Crippen molar-refractivity contribution in [3.63, 3.8) is 0 Å². The number of nitrogens with one attached hydrogen (secondary N) is 13. The van der Waals surface area contributed by atoms with Crippen LogP contribution in [-0.4, -0.2) is 236 Å². The van der Waals surface area contributed by atoms with Gasteiger partial charge in [0, 0.05) is 25.7 Å². The van der Waals surface area contributed by atoms with E-state index in [0.29, 0.717) is 17.5 Å². The summed E-state index contributed by atoms with van der Waals surface area (Å²) in [6.45, 7) is 13.9. The molecule has 0 unspecified atom stereocenters. The Balaban J connectivity index is 2.48. The smallest absolute Gasteiger partial charge is 0.325 e. The van der Waals surface area contributed by atoms with Gasteiger partial charge in [-0.15, -0.1) is 0 Å². The van der Waals surface area contributed by atoms with E-state index in [-0.39, 0.29) is 75.2 Å². The Kier molecular flexibility index (Phi) is 43.2. The van der Waals surface area contributed by atoms with Gasteiger partial charge in [-0.05, 0) is 130 Å². The number of amides is 15. The number of hydrogen-bond donors (Lipinski definition) is 22. The zero-order valence-electron chi connectivity index (χ0n) is 65.5. The lowest BCUT2D eigenvalue weighted by molar-refractivity contribution is -0.143. The number of thioether (sulfide) groups is 1. The number of aliphatic hydroxyl groups excluding tert-OH is 1. The number of rotatable bonds is 52. The molecule has 0 saturated heterocycles. The highest BCUT2D eigenvalue weighted by Gasteiger charge is 2.40. The van der Waals surface area contributed by atoms with E-state index in [1.807, 2.05) is 0 Å². The van der Waals surface area contributed by atoms with E-state index < -0.39 is 235 Å². The first-order valence-corrected chi connectivity index (χ1v) is 38.5. The van der Waals surface area contributed by atoms with Crippen molar-refractivity contribution in [2.75, 3.05) is 25.2 Å². The third-order valence-electron chi connectivity index (χ3n) is 18.0. The number of primary amides is 2. The lowest BCUT2D eigenvalue weighted by Gasteiger charge is -2.30. The monoisotopic (exact) mass is 1610 g/mol. The molecule has 39 nitrogen and oxygen atoms in total. The van der Waals surface area contributed by atoms with Gasteiger partial charge in [0.05, 0.1) is 19.1 Å². The Morgan fingerprint density at radius 1 is 0.398 bits per heavy atom. The first kappa shape index (κ1) is 98.3. The molecular formula is C73H115N17O22S. The summed E-state index contributed by atoms with van der Waals surface area (Å²) in [5.41, 5.74) is 23.3. The Hall–Kier alpha value is -10.7. The van der Waals surface area contributed by atoms with Gasteiger partial charge in [0.2, 0.25) is 88.6 Å². The molecule has 0 radical (unpaired) electrons. The van der Waals surface area contributed by atoms with Crippen molar-refractivity contribution >= 4 is 112 Å². The highest BCUT2D eigenvalue weighted by molar-refractivity contribution is 7.98. The van der Waals surface area contributed by atoms with Crippen LogP contribution in [0, 0.1) is 23.7 Å².